The number of hydrogen-bond donors (Lipinski definition) is 0. The van der Waals surface area contributed by atoms with Gasteiger partial charge in [-0.2, -0.15) is 5.10 Å². The van der Waals surface area contributed by atoms with E-state index in [1.54, 1.807) is 0 Å². The molecule has 1 aromatic rings. The molecule has 1 unspecified atom stereocenters. The first-order valence-corrected chi connectivity index (χ1v) is 8.94. The third-order valence-corrected chi connectivity index (χ3v) is 5.75. The lowest BCUT2D eigenvalue weighted by Crippen LogP contribution is -2.40. The molecule has 1 fully saturated rings. The number of hydrazone groups is 1. The van der Waals surface area contributed by atoms with E-state index >= 15 is 0 Å². The molecular weight excluding hydrogens is 288 g/mol. The summed E-state index contributed by atoms with van der Waals surface area (Å²) in [5.74, 6) is 0.105. The number of nitrogens with zero attached hydrogens (tertiary/aromatic N) is 2. The fraction of sp³-hybridized carbons (Fsp3) is 0.467. The van der Waals surface area contributed by atoms with E-state index in [2.05, 4.69) is 5.10 Å². The second-order valence-electron chi connectivity index (χ2n) is 5.71. The summed E-state index contributed by atoms with van der Waals surface area (Å²) in [6.07, 6.45) is 1.49. The van der Waals surface area contributed by atoms with Crippen molar-refractivity contribution in [3.05, 3.63) is 35.4 Å². The molecule has 2 aliphatic heterocycles. The molecule has 2 heterocycles. The van der Waals surface area contributed by atoms with E-state index in [-0.39, 0.29) is 23.5 Å². The molecule has 3 rings (SSSR count). The van der Waals surface area contributed by atoms with Gasteiger partial charge in [-0.1, -0.05) is 29.8 Å². The highest BCUT2D eigenvalue weighted by Gasteiger charge is 2.36. The molecule has 0 saturated carbocycles. The lowest BCUT2D eigenvalue weighted by Gasteiger charge is -2.28. The predicted octanol–water partition coefficient (Wildman–Crippen LogP) is 1.51. The fourth-order valence-corrected chi connectivity index (χ4v) is 4.47. The Labute approximate surface area is 124 Å². The van der Waals surface area contributed by atoms with Crippen LogP contribution in [-0.2, 0) is 14.6 Å². The highest BCUT2D eigenvalue weighted by atomic mass is 32.2. The van der Waals surface area contributed by atoms with Crippen molar-refractivity contribution in [1.29, 1.82) is 0 Å². The Balaban J connectivity index is 1.88. The summed E-state index contributed by atoms with van der Waals surface area (Å²) in [5.41, 5.74) is 3.03. The van der Waals surface area contributed by atoms with E-state index in [1.165, 1.54) is 10.6 Å². The maximum Gasteiger partial charge on any atom is 0.243 e. The molecule has 1 amide bonds. The maximum atomic E-state index is 12.0. The first-order chi connectivity index (χ1) is 9.94. The van der Waals surface area contributed by atoms with Gasteiger partial charge in [0.15, 0.2) is 9.84 Å². The van der Waals surface area contributed by atoms with Gasteiger partial charge in [0.2, 0.25) is 5.91 Å². The Morgan fingerprint density at radius 1 is 1.19 bits per heavy atom. The summed E-state index contributed by atoms with van der Waals surface area (Å²) in [6.45, 7) is 2.02. The number of hydrogen-bond acceptors (Lipinski definition) is 4. The maximum absolute atomic E-state index is 12.0. The number of benzene rings is 1. The van der Waals surface area contributed by atoms with Crippen molar-refractivity contribution < 1.29 is 13.2 Å². The van der Waals surface area contributed by atoms with Crippen LogP contribution >= 0.6 is 0 Å². The molecule has 2 aliphatic rings. The second-order valence-corrected chi connectivity index (χ2v) is 7.94. The van der Waals surface area contributed by atoms with Gasteiger partial charge in [0.05, 0.1) is 23.3 Å². The normalized spacial score (nSPS) is 25.0. The van der Waals surface area contributed by atoms with Crippen LogP contribution in [0.5, 0.6) is 0 Å². The smallest absolute Gasteiger partial charge is 0.243 e. The summed E-state index contributed by atoms with van der Waals surface area (Å²) in [4.78, 5) is 12.0. The highest BCUT2D eigenvalue weighted by molar-refractivity contribution is 7.91. The number of amides is 1. The van der Waals surface area contributed by atoms with Crippen molar-refractivity contribution in [3.63, 3.8) is 0 Å². The Bertz CT molecular complexity index is 692. The lowest BCUT2D eigenvalue weighted by atomic mass is 10.0. The molecule has 21 heavy (non-hydrogen) atoms. The molecule has 0 aromatic heterocycles. The quantitative estimate of drug-likeness (QED) is 0.832. The molecule has 5 nitrogen and oxygen atoms in total. The average Bonchev–Trinajstić information content (AvgIpc) is 2.80. The van der Waals surface area contributed by atoms with Gasteiger partial charge in [-0.3, -0.25) is 4.79 Å². The number of carbonyl (C=O) groups is 1. The van der Waals surface area contributed by atoms with E-state index < -0.39 is 9.84 Å². The summed E-state index contributed by atoms with van der Waals surface area (Å²) in [7, 11) is -3.02. The molecule has 1 saturated heterocycles. The van der Waals surface area contributed by atoms with Gasteiger partial charge >= 0.3 is 0 Å². The second kappa shape index (κ2) is 5.26. The van der Waals surface area contributed by atoms with Crippen LogP contribution in [0.15, 0.2) is 29.4 Å². The zero-order valence-corrected chi connectivity index (χ0v) is 12.8. The van der Waals surface area contributed by atoms with Gasteiger partial charge in [-0.25, -0.2) is 13.4 Å². The van der Waals surface area contributed by atoms with Crippen LogP contribution < -0.4 is 0 Å². The minimum Gasteiger partial charge on any atom is -0.273 e. The van der Waals surface area contributed by atoms with Crippen molar-refractivity contribution in [2.45, 2.75) is 32.2 Å². The summed E-state index contributed by atoms with van der Waals surface area (Å²) in [6, 6.07) is 7.71. The van der Waals surface area contributed by atoms with Gasteiger partial charge in [-0.15, -0.1) is 0 Å². The zero-order valence-electron chi connectivity index (χ0n) is 11.9. The standard InChI is InChI=1S/C15H18N2O3S/c1-11-2-4-12(5-3-11)14-6-7-15(18)17(16-14)13-8-9-21(19,20)10-13/h2-5,13H,6-10H2,1H3. The minimum absolute atomic E-state index is 0.0312. The Kier molecular flexibility index (Phi) is 3.57. The van der Waals surface area contributed by atoms with Crippen LogP contribution in [0.4, 0.5) is 0 Å². The fourth-order valence-electron chi connectivity index (χ4n) is 2.78. The predicted molar refractivity (Wildman–Crippen MR) is 80.9 cm³/mol. The summed E-state index contributed by atoms with van der Waals surface area (Å²) < 4.78 is 23.2. The topological polar surface area (TPSA) is 66.8 Å². The third kappa shape index (κ3) is 3.00. The number of sulfone groups is 1. The van der Waals surface area contributed by atoms with E-state index in [4.69, 9.17) is 0 Å². The summed E-state index contributed by atoms with van der Waals surface area (Å²) in [5, 5.41) is 5.85. The molecular formula is C15H18N2O3S. The summed E-state index contributed by atoms with van der Waals surface area (Å²) >= 11 is 0. The van der Waals surface area contributed by atoms with Crippen molar-refractivity contribution in [1.82, 2.24) is 5.01 Å². The Hall–Kier alpha value is -1.69. The molecule has 0 spiro atoms. The average molecular weight is 306 g/mol. The van der Waals surface area contributed by atoms with E-state index in [9.17, 15) is 13.2 Å². The molecule has 6 heteroatoms. The van der Waals surface area contributed by atoms with Crippen molar-refractivity contribution in [2.75, 3.05) is 11.5 Å². The van der Waals surface area contributed by atoms with Crippen molar-refractivity contribution >= 4 is 21.5 Å². The third-order valence-electron chi connectivity index (χ3n) is 4.00. The van der Waals surface area contributed by atoms with Gasteiger partial charge in [0.25, 0.3) is 0 Å². The van der Waals surface area contributed by atoms with Crippen molar-refractivity contribution in [2.24, 2.45) is 5.10 Å². The Morgan fingerprint density at radius 3 is 2.52 bits per heavy atom. The van der Waals surface area contributed by atoms with E-state index in [1.807, 2.05) is 31.2 Å². The lowest BCUT2D eigenvalue weighted by molar-refractivity contribution is -0.133. The van der Waals surface area contributed by atoms with Gasteiger partial charge in [0, 0.05) is 12.8 Å². The van der Waals surface area contributed by atoms with Crippen LogP contribution in [0, 0.1) is 6.92 Å². The van der Waals surface area contributed by atoms with E-state index in [0.717, 1.165) is 11.3 Å². The molecule has 112 valence electrons. The first-order valence-electron chi connectivity index (χ1n) is 7.12. The van der Waals surface area contributed by atoms with Gasteiger partial charge < -0.3 is 0 Å². The molecule has 0 N–H and O–H groups in total. The first kappa shape index (κ1) is 14.3. The molecule has 0 bridgehead atoms. The molecule has 0 radical (unpaired) electrons. The highest BCUT2D eigenvalue weighted by Crippen LogP contribution is 2.23. The van der Waals surface area contributed by atoms with Gasteiger partial charge in [0.1, 0.15) is 0 Å². The zero-order chi connectivity index (χ0) is 15.0. The number of aryl methyl sites for hydroxylation is 1. The number of carbonyl (C=O) groups excluding carboxylic acids is 1. The van der Waals surface area contributed by atoms with Crippen LogP contribution in [-0.4, -0.2) is 42.6 Å². The van der Waals surface area contributed by atoms with Crippen LogP contribution in [0.3, 0.4) is 0 Å². The molecule has 1 aromatic carbocycles. The molecule has 1 atom stereocenters. The van der Waals surface area contributed by atoms with Crippen LogP contribution in [0.1, 0.15) is 30.4 Å². The SMILES string of the molecule is Cc1ccc(C2=NN(C3CCS(=O)(=O)C3)C(=O)CC2)cc1. The van der Waals surface area contributed by atoms with Gasteiger partial charge in [-0.05, 0) is 18.9 Å². The van der Waals surface area contributed by atoms with Crippen LogP contribution in [0.25, 0.3) is 0 Å². The minimum atomic E-state index is -3.02. The number of rotatable bonds is 2. The monoisotopic (exact) mass is 306 g/mol. The largest absolute Gasteiger partial charge is 0.273 e. The van der Waals surface area contributed by atoms with Crippen molar-refractivity contribution in [3.8, 4) is 0 Å². The molecule has 0 aliphatic carbocycles. The Morgan fingerprint density at radius 2 is 1.90 bits per heavy atom. The van der Waals surface area contributed by atoms with E-state index in [0.29, 0.717) is 19.3 Å². The van der Waals surface area contributed by atoms with Crippen LogP contribution in [0.2, 0.25) is 0 Å².